The Morgan fingerprint density at radius 1 is 1.18 bits per heavy atom. The topological polar surface area (TPSA) is 66.5 Å². The second kappa shape index (κ2) is 9.43. The third-order valence-corrected chi connectivity index (χ3v) is 5.97. The molecular weight excluding hydrogens is 396 g/mol. The van der Waals surface area contributed by atoms with E-state index >= 15 is 0 Å². The first kappa shape index (κ1) is 22.2. The fourth-order valence-electron chi connectivity index (χ4n) is 3.12. The van der Waals surface area contributed by atoms with Crippen molar-refractivity contribution >= 4 is 33.2 Å². The first-order valence-electron chi connectivity index (χ1n) is 9.17. The summed E-state index contributed by atoms with van der Waals surface area (Å²) in [6, 6.07) is 12.7. The molecule has 2 rings (SSSR count). The van der Waals surface area contributed by atoms with Crippen LogP contribution >= 0.6 is 11.6 Å². The van der Waals surface area contributed by atoms with E-state index in [1.807, 2.05) is 32.9 Å². The molecule has 0 fully saturated rings. The van der Waals surface area contributed by atoms with E-state index in [0.717, 1.165) is 22.9 Å². The van der Waals surface area contributed by atoms with Gasteiger partial charge in [-0.1, -0.05) is 41.4 Å². The molecule has 0 radical (unpaired) electrons. The summed E-state index contributed by atoms with van der Waals surface area (Å²) in [6.07, 6.45) is 1.79. The molecule has 1 N–H and O–H groups in total. The van der Waals surface area contributed by atoms with Crippen LogP contribution in [0, 0.1) is 13.8 Å². The van der Waals surface area contributed by atoms with Gasteiger partial charge in [-0.15, -0.1) is 0 Å². The predicted molar refractivity (Wildman–Crippen MR) is 115 cm³/mol. The van der Waals surface area contributed by atoms with Crippen molar-refractivity contribution < 1.29 is 13.2 Å². The first-order valence-corrected chi connectivity index (χ1v) is 11.4. The molecule has 152 valence electrons. The summed E-state index contributed by atoms with van der Waals surface area (Å²) < 4.78 is 25.5. The Balaban J connectivity index is 1.96. The lowest BCUT2D eigenvalue weighted by atomic mass is 10.00. The number of anilines is 1. The number of nitrogens with one attached hydrogen (secondary N) is 1. The minimum Gasteiger partial charge on any atom is -0.350 e. The quantitative estimate of drug-likeness (QED) is 0.686. The van der Waals surface area contributed by atoms with Gasteiger partial charge < -0.3 is 5.32 Å². The molecule has 0 heterocycles. The minimum absolute atomic E-state index is 0.104. The number of halogens is 1. The molecule has 1 amide bonds. The summed E-state index contributed by atoms with van der Waals surface area (Å²) in [4.78, 5) is 12.3. The van der Waals surface area contributed by atoms with Crippen LogP contribution in [0.15, 0.2) is 42.5 Å². The van der Waals surface area contributed by atoms with Gasteiger partial charge in [0.05, 0.1) is 18.0 Å². The van der Waals surface area contributed by atoms with Gasteiger partial charge in [-0.25, -0.2) is 8.42 Å². The lowest BCUT2D eigenvalue weighted by molar-refractivity contribution is -0.121. The molecule has 2 aromatic rings. The van der Waals surface area contributed by atoms with Crippen molar-refractivity contribution in [2.45, 2.75) is 39.7 Å². The van der Waals surface area contributed by atoms with Crippen molar-refractivity contribution in [1.29, 1.82) is 0 Å². The van der Waals surface area contributed by atoms with Crippen LogP contribution in [0.2, 0.25) is 5.02 Å². The van der Waals surface area contributed by atoms with Crippen molar-refractivity contribution in [2.75, 3.05) is 17.1 Å². The SMILES string of the molecule is Cc1ccc(C)c([C@@H](C)NC(=O)CCCN(c2cccc(Cl)c2)S(C)(=O)=O)c1. The van der Waals surface area contributed by atoms with Crippen molar-refractivity contribution in [3.8, 4) is 0 Å². The number of carbonyl (C=O) groups excluding carboxylic acids is 1. The molecule has 0 unspecified atom stereocenters. The zero-order valence-corrected chi connectivity index (χ0v) is 18.3. The van der Waals surface area contributed by atoms with Gasteiger partial charge in [0.15, 0.2) is 0 Å². The highest BCUT2D eigenvalue weighted by atomic mass is 35.5. The monoisotopic (exact) mass is 422 g/mol. The van der Waals surface area contributed by atoms with Gasteiger partial charge in [-0.3, -0.25) is 9.10 Å². The standard InChI is InChI=1S/C21H27ClN2O3S/c1-15-10-11-16(2)20(13-15)17(3)23-21(25)9-6-12-24(28(4,26)27)19-8-5-7-18(22)14-19/h5,7-8,10-11,13-14,17H,6,9,12H2,1-4H3,(H,23,25)/t17-/m1/s1. The van der Waals surface area contributed by atoms with E-state index in [1.165, 1.54) is 4.31 Å². The van der Waals surface area contributed by atoms with Gasteiger partial charge in [0.2, 0.25) is 15.9 Å². The van der Waals surface area contributed by atoms with Crippen molar-refractivity contribution in [2.24, 2.45) is 0 Å². The molecule has 0 aromatic heterocycles. The highest BCUT2D eigenvalue weighted by molar-refractivity contribution is 7.92. The molecule has 7 heteroatoms. The van der Waals surface area contributed by atoms with Gasteiger partial charge in [-0.05, 0) is 56.5 Å². The van der Waals surface area contributed by atoms with Crippen LogP contribution in [0.5, 0.6) is 0 Å². The smallest absolute Gasteiger partial charge is 0.232 e. The van der Waals surface area contributed by atoms with E-state index < -0.39 is 10.0 Å². The van der Waals surface area contributed by atoms with E-state index in [0.29, 0.717) is 17.1 Å². The van der Waals surface area contributed by atoms with Crippen molar-refractivity contribution in [3.05, 3.63) is 64.2 Å². The van der Waals surface area contributed by atoms with Crippen molar-refractivity contribution in [3.63, 3.8) is 0 Å². The molecule has 0 bridgehead atoms. The average molecular weight is 423 g/mol. The number of hydrogen-bond donors (Lipinski definition) is 1. The molecule has 0 aliphatic heterocycles. The molecule has 0 saturated carbocycles. The summed E-state index contributed by atoms with van der Waals surface area (Å²) in [5, 5.41) is 3.46. The molecule has 28 heavy (non-hydrogen) atoms. The lowest BCUT2D eigenvalue weighted by Gasteiger charge is -2.23. The van der Waals surface area contributed by atoms with Crippen molar-refractivity contribution in [1.82, 2.24) is 5.32 Å². The normalized spacial score (nSPS) is 12.5. The van der Waals surface area contributed by atoms with E-state index in [-0.39, 0.29) is 24.9 Å². The highest BCUT2D eigenvalue weighted by Gasteiger charge is 2.18. The summed E-state index contributed by atoms with van der Waals surface area (Å²) in [6.45, 7) is 6.21. The zero-order chi connectivity index (χ0) is 20.9. The molecule has 0 aliphatic rings. The molecule has 0 spiro atoms. The van der Waals surface area contributed by atoms with Gasteiger partial charge in [0.25, 0.3) is 0 Å². The number of benzene rings is 2. The van der Waals surface area contributed by atoms with E-state index in [1.54, 1.807) is 24.3 Å². The van der Waals surface area contributed by atoms with Gasteiger partial charge in [0, 0.05) is 18.0 Å². The molecule has 5 nitrogen and oxygen atoms in total. The third-order valence-electron chi connectivity index (χ3n) is 4.54. The number of sulfonamides is 1. The second-order valence-corrected chi connectivity index (χ2v) is 9.41. The zero-order valence-electron chi connectivity index (χ0n) is 16.7. The Labute approximate surface area is 172 Å². The Morgan fingerprint density at radius 2 is 1.89 bits per heavy atom. The molecule has 2 aromatic carbocycles. The molecule has 0 aliphatic carbocycles. The summed E-state index contributed by atoms with van der Waals surface area (Å²) in [5.74, 6) is -0.104. The highest BCUT2D eigenvalue weighted by Crippen LogP contribution is 2.22. The van der Waals surface area contributed by atoms with Crippen LogP contribution in [0.3, 0.4) is 0 Å². The number of nitrogens with zero attached hydrogens (tertiary/aromatic N) is 1. The minimum atomic E-state index is -3.47. The van der Waals surface area contributed by atoms with Gasteiger partial charge >= 0.3 is 0 Å². The van der Waals surface area contributed by atoms with Gasteiger partial charge in [-0.2, -0.15) is 0 Å². The van der Waals surface area contributed by atoms with Crippen LogP contribution in [0.4, 0.5) is 5.69 Å². The fourth-order valence-corrected chi connectivity index (χ4v) is 4.26. The average Bonchev–Trinajstić information content (AvgIpc) is 2.59. The Kier molecular flexibility index (Phi) is 7.49. The number of hydrogen-bond acceptors (Lipinski definition) is 3. The van der Waals surface area contributed by atoms with E-state index in [2.05, 4.69) is 11.4 Å². The maximum absolute atomic E-state index is 12.3. The number of amides is 1. The maximum Gasteiger partial charge on any atom is 0.232 e. The second-order valence-electron chi connectivity index (χ2n) is 7.07. The van der Waals surface area contributed by atoms with Crippen LogP contribution in [-0.4, -0.2) is 27.1 Å². The van der Waals surface area contributed by atoms with Crippen LogP contribution in [0.25, 0.3) is 0 Å². The molecule has 0 saturated heterocycles. The third kappa shape index (κ3) is 6.24. The number of aryl methyl sites for hydroxylation is 2. The lowest BCUT2D eigenvalue weighted by Crippen LogP contribution is -2.32. The van der Waals surface area contributed by atoms with Crippen LogP contribution in [0.1, 0.15) is 42.5 Å². The number of carbonyl (C=O) groups is 1. The maximum atomic E-state index is 12.3. The summed E-state index contributed by atoms with van der Waals surface area (Å²) in [5.41, 5.74) is 3.86. The van der Waals surface area contributed by atoms with E-state index in [9.17, 15) is 13.2 Å². The predicted octanol–water partition coefficient (Wildman–Crippen LogP) is 4.38. The summed E-state index contributed by atoms with van der Waals surface area (Å²) in [7, 11) is -3.47. The van der Waals surface area contributed by atoms with Crippen LogP contribution in [-0.2, 0) is 14.8 Å². The van der Waals surface area contributed by atoms with E-state index in [4.69, 9.17) is 11.6 Å². The molecule has 1 atom stereocenters. The number of rotatable bonds is 8. The summed E-state index contributed by atoms with van der Waals surface area (Å²) >= 11 is 5.98. The van der Waals surface area contributed by atoms with Gasteiger partial charge in [0.1, 0.15) is 0 Å². The Bertz CT molecular complexity index is 944. The fraction of sp³-hybridized carbons (Fsp3) is 0.381. The Morgan fingerprint density at radius 3 is 2.54 bits per heavy atom. The Hall–Kier alpha value is -2.05. The molecular formula is C21H27ClN2O3S. The largest absolute Gasteiger partial charge is 0.350 e. The first-order chi connectivity index (χ1) is 13.1. The van der Waals surface area contributed by atoms with Crippen LogP contribution < -0.4 is 9.62 Å².